The molecule has 0 aromatic carbocycles. The van der Waals surface area contributed by atoms with Crippen LogP contribution in [0.4, 0.5) is 8.78 Å². The van der Waals surface area contributed by atoms with Crippen molar-refractivity contribution in [3.05, 3.63) is 23.9 Å². The molecule has 1 unspecified atom stereocenters. The SMILES string of the molecule is COc1ccc(C(=O)N2CCC(F)(F)C(CO)C2)cn1. The molecule has 0 spiro atoms. The molecular weight excluding hydrogens is 270 g/mol. The fourth-order valence-electron chi connectivity index (χ4n) is 2.16. The summed E-state index contributed by atoms with van der Waals surface area (Å²) in [7, 11) is 1.46. The number of ether oxygens (including phenoxy) is 1. The lowest BCUT2D eigenvalue weighted by Crippen LogP contribution is -2.50. The highest BCUT2D eigenvalue weighted by Gasteiger charge is 2.44. The summed E-state index contributed by atoms with van der Waals surface area (Å²) >= 11 is 0. The Balaban J connectivity index is 2.09. The molecular formula is C13H16F2N2O3. The molecule has 1 fully saturated rings. The second kappa shape index (κ2) is 5.70. The molecule has 1 aromatic rings. The third-order valence-electron chi connectivity index (χ3n) is 3.45. The number of hydrogen-bond donors (Lipinski definition) is 1. The molecule has 1 saturated heterocycles. The molecule has 110 valence electrons. The number of aliphatic hydroxyl groups excluding tert-OH is 1. The zero-order valence-electron chi connectivity index (χ0n) is 11.1. The van der Waals surface area contributed by atoms with E-state index >= 15 is 0 Å². The minimum atomic E-state index is -2.93. The van der Waals surface area contributed by atoms with Crippen molar-refractivity contribution >= 4 is 5.91 Å². The summed E-state index contributed by atoms with van der Waals surface area (Å²) in [6.45, 7) is -0.833. The van der Waals surface area contributed by atoms with Crippen molar-refractivity contribution in [2.24, 2.45) is 5.92 Å². The lowest BCUT2D eigenvalue weighted by atomic mass is 9.94. The number of methoxy groups -OCH3 is 1. The largest absolute Gasteiger partial charge is 0.481 e. The van der Waals surface area contributed by atoms with E-state index in [1.54, 1.807) is 0 Å². The van der Waals surface area contributed by atoms with Gasteiger partial charge in [-0.2, -0.15) is 0 Å². The molecule has 1 atom stereocenters. The van der Waals surface area contributed by atoms with Crippen molar-refractivity contribution in [3.8, 4) is 5.88 Å². The summed E-state index contributed by atoms with van der Waals surface area (Å²) in [6.07, 6.45) is 0.912. The number of carbonyl (C=O) groups is 1. The van der Waals surface area contributed by atoms with Gasteiger partial charge in [0.2, 0.25) is 5.88 Å². The minimum Gasteiger partial charge on any atom is -0.481 e. The highest BCUT2D eigenvalue weighted by Crippen LogP contribution is 2.33. The number of halogens is 2. The van der Waals surface area contributed by atoms with Crippen LogP contribution in [0.2, 0.25) is 0 Å². The van der Waals surface area contributed by atoms with Gasteiger partial charge in [0.1, 0.15) is 0 Å². The molecule has 0 saturated carbocycles. The highest BCUT2D eigenvalue weighted by atomic mass is 19.3. The summed E-state index contributed by atoms with van der Waals surface area (Å²) in [5.74, 6) is -4.13. The summed E-state index contributed by atoms with van der Waals surface area (Å²) in [5.41, 5.74) is 0.313. The number of aliphatic hydroxyl groups is 1. The van der Waals surface area contributed by atoms with Crippen molar-refractivity contribution < 1.29 is 23.4 Å². The molecule has 20 heavy (non-hydrogen) atoms. The van der Waals surface area contributed by atoms with E-state index in [4.69, 9.17) is 9.84 Å². The first-order chi connectivity index (χ1) is 9.47. The van der Waals surface area contributed by atoms with Crippen LogP contribution in [0.1, 0.15) is 16.8 Å². The molecule has 1 amide bonds. The number of aromatic nitrogens is 1. The monoisotopic (exact) mass is 286 g/mol. The zero-order valence-corrected chi connectivity index (χ0v) is 11.1. The van der Waals surface area contributed by atoms with Gasteiger partial charge in [-0.1, -0.05) is 0 Å². The Kier molecular flexibility index (Phi) is 4.17. The summed E-state index contributed by atoms with van der Waals surface area (Å²) in [6, 6.07) is 3.07. The van der Waals surface area contributed by atoms with Gasteiger partial charge in [-0.3, -0.25) is 4.79 Å². The van der Waals surface area contributed by atoms with E-state index in [2.05, 4.69) is 4.98 Å². The predicted molar refractivity (Wildman–Crippen MR) is 66.8 cm³/mol. The summed E-state index contributed by atoms with van der Waals surface area (Å²) in [5, 5.41) is 9.02. The Bertz CT molecular complexity index is 479. The molecule has 5 nitrogen and oxygen atoms in total. The van der Waals surface area contributed by atoms with Gasteiger partial charge >= 0.3 is 0 Å². The Labute approximate surface area is 115 Å². The second-order valence-corrected chi connectivity index (χ2v) is 4.73. The number of nitrogens with zero attached hydrogens (tertiary/aromatic N) is 2. The van der Waals surface area contributed by atoms with Crippen molar-refractivity contribution in [1.82, 2.24) is 9.88 Å². The standard InChI is InChI=1S/C13H16F2N2O3/c1-20-11-3-2-9(6-16-11)12(19)17-5-4-13(14,15)10(7-17)8-18/h2-3,6,10,18H,4-5,7-8H2,1H3. The third kappa shape index (κ3) is 2.87. The van der Waals surface area contributed by atoms with Crippen molar-refractivity contribution in [3.63, 3.8) is 0 Å². The Morgan fingerprint density at radius 1 is 1.60 bits per heavy atom. The van der Waals surface area contributed by atoms with Crippen molar-refractivity contribution in [2.75, 3.05) is 26.8 Å². The number of likely N-dealkylation sites (tertiary alicyclic amines) is 1. The average molecular weight is 286 g/mol. The molecule has 1 aromatic heterocycles. The van der Waals surface area contributed by atoms with E-state index in [1.165, 1.54) is 30.3 Å². The molecule has 0 radical (unpaired) electrons. The summed E-state index contributed by atoms with van der Waals surface area (Å²) < 4.78 is 31.8. The van der Waals surface area contributed by atoms with E-state index in [0.29, 0.717) is 11.4 Å². The molecule has 2 rings (SSSR count). The van der Waals surface area contributed by atoms with Gasteiger partial charge < -0.3 is 14.7 Å². The molecule has 1 aliphatic rings. The van der Waals surface area contributed by atoms with Crippen LogP contribution < -0.4 is 4.74 Å². The average Bonchev–Trinajstić information content (AvgIpc) is 2.46. The molecule has 0 bridgehead atoms. The van der Waals surface area contributed by atoms with E-state index in [1.807, 2.05) is 0 Å². The van der Waals surface area contributed by atoms with Crippen LogP contribution in [0.15, 0.2) is 18.3 Å². The molecule has 1 aliphatic heterocycles. The van der Waals surface area contributed by atoms with Crippen LogP contribution in [0.3, 0.4) is 0 Å². The number of piperidine rings is 1. The van der Waals surface area contributed by atoms with Gasteiger partial charge in [-0.15, -0.1) is 0 Å². The van der Waals surface area contributed by atoms with Gasteiger partial charge in [0.05, 0.1) is 25.2 Å². The van der Waals surface area contributed by atoms with Crippen molar-refractivity contribution in [1.29, 1.82) is 0 Å². The maximum atomic E-state index is 13.5. The Morgan fingerprint density at radius 3 is 2.90 bits per heavy atom. The number of alkyl halides is 2. The van der Waals surface area contributed by atoms with E-state index in [0.717, 1.165) is 0 Å². The topological polar surface area (TPSA) is 62.7 Å². The van der Waals surface area contributed by atoms with Crippen LogP contribution >= 0.6 is 0 Å². The maximum Gasteiger partial charge on any atom is 0.256 e. The third-order valence-corrected chi connectivity index (χ3v) is 3.45. The van der Waals surface area contributed by atoms with Gasteiger partial charge in [0.15, 0.2) is 0 Å². The number of amides is 1. The first kappa shape index (κ1) is 14.6. The fraction of sp³-hybridized carbons (Fsp3) is 0.538. The Morgan fingerprint density at radius 2 is 2.35 bits per heavy atom. The smallest absolute Gasteiger partial charge is 0.256 e. The lowest BCUT2D eigenvalue weighted by Gasteiger charge is -2.37. The predicted octanol–water partition coefficient (Wildman–Crippen LogP) is 1.18. The van der Waals surface area contributed by atoms with Crippen LogP contribution in [0.25, 0.3) is 0 Å². The first-order valence-corrected chi connectivity index (χ1v) is 6.26. The van der Waals surface area contributed by atoms with E-state index < -0.39 is 24.9 Å². The molecule has 0 aliphatic carbocycles. The number of pyridine rings is 1. The maximum absolute atomic E-state index is 13.5. The van der Waals surface area contributed by atoms with Crippen LogP contribution in [0, 0.1) is 5.92 Å². The minimum absolute atomic E-state index is 0.0334. The van der Waals surface area contributed by atoms with E-state index in [-0.39, 0.29) is 19.0 Å². The quantitative estimate of drug-likeness (QED) is 0.906. The highest BCUT2D eigenvalue weighted by molar-refractivity contribution is 5.94. The second-order valence-electron chi connectivity index (χ2n) is 4.73. The fourth-order valence-corrected chi connectivity index (χ4v) is 2.16. The molecule has 1 N–H and O–H groups in total. The van der Waals surface area contributed by atoms with Crippen LogP contribution in [-0.4, -0.2) is 53.6 Å². The van der Waals surface area contributed by atoms with Gasteiger partial charge in [0.25, 0.3) is 11.8 Å². The summed E-state index contributed by atoms with van der Waals surface area (Å²) in [4.78, 5) is 17.4. The number of carbonyl (C=O) groups excluding carboxylic acids is 1. The van der Waals surface area contributed by atoms with Gasteiger partial charge in [-0.25, -0.2) is 13.8 Å². The number of hydrogen-bond acceptors (Lipinski definition) is 4. The first-order valence-electron chi connectivity index (χ1n) is 6.26. The van der Waals surface area contributed by atoms with Gasteiger partial charge in [-0.05, 0) is 6.07 Å². The molecule has 2 heterocycles. The van der Waals surface area contributed by atoms with Crippen molar-refractivity contribution in [2.45, 2.75) is 12.3 Å². The normalized spacial score (nSPS) is 21.6. The Hall–Kier alpha value is -1.76. The zero-order chi connectivity index (χ0) is 14.8. The van der Waals surface area contributed by atoms with E-state index in [9.17, 15) is 13.6 Å². The number of rotatable bonds is 3. The molecule has 7 heteroatoms. The van der Waals surface area contributed by atoms with Crippen LogP contribution in [0.5, 0.6) is 5.88 Å². The van der Waals surface area contributed by atoms with Gasteiger partial charge in [0, 0.05) is 31.8 Å². The lowest BCUT2D eigenvalue weighted by molar-refractivity contribution is -0.113. The van der Waals surface area contributed by atoms with Crippen LogP contribution in [-0.2, 0) is 0 Å².